The van der Waals surface area contributed by atoms with E-state index >= 15 is 0 Å². The molecule has 3 rings (SSSR count). The van der Waals surface area contributed by atoms with Crippen LogP contribution in [0.1, 0.15) is 19.3 Å². The molecule has 1 aromatic carbocycles. The first-order valence-corrected chi connectivity index (χ1v) is 9.23. The minimum atomic E-state index is -0.155. The molecule has 138 valence electrons. The van der Waals surface area contributed by atoms with Crippen molar-refractivity contribution in [3.63, 3.8) is 0 Å². The second kappa shape index (κ2) is 8.54. The maximum absolute atomic E-state index is 12.4. The molecule has 0 unspecified atom stereocenters. The van der Waals surface area contributed by atoms with Crippen LogP contribution in [0.15, 0.2) is 24.3 Å². The highest BCUT2D eigenvalue weighted by atomic mass is 16.5. The zero-order valence-electron chi connectivity index (χ0n) is 15.1. The number of methoxy groups -OCH3 is 1. The summed E-state index contributed by atoms with van der Waals surface area (Å²) in [7, 11) is 1.67. The van der Waals surface area contributed by atoms with Crippen LogP contribution in [0.4, 0.5) is 5.69 Å². The molecule has 0 aromatic heterocycles. The lowest BCUT2D eigenvalue weighted by Crippen LogP contribution is -2.49. The summed E-state index contributed by atoms with van der Waals surface area (Å²) in [6.07, 6.45) is 2.08. The average Bonchev–Trinajstić information content (AvgIpc) is 2.67. The maximum Gasteiger partial charge on any atom is 0.223 e. The summed E-state index contributed by atoms with van der Waals surface area (Å²) in [5.74, 6) is 1.11. The third-order valence-corrected chi connectivity index (χ3v) is 5.27. The van der Waals surface area contributed by atoms with E-state index in [1.165, 1.54) is 5.69 Å². The number of ether oxygens (including phenoxy) is 1. The van der Waals surface area contributed by atoms with Crippen LogP contribution in [0.2, 0.25) is 0 Å². The van der Waals surface area contributed by atoms with Crippen molar-refractivity contribution < 1.29 is 14.6 Å². The van der Waals surface area contributed by atoms with Gasteiger partial charge in [-0.15, -0.1) is 0 Å². The maximum atomic E-state index is 12.4. The predicted molar refractivity (Wildman–Crippen MR) is 98.1 cm³/mol. The Labute approximate surface area is 150 Å². The number of amides is 1. The molecule has 2 aliphatic rings. The van der Waals surface area contributed by atoms with E-state index in [0.29, 0.717) is 6.42 Å². The largest absolute Gasteiger partial charge is 0.497 e. The second-order valence-electron chi connectivity index (χ2n) is 6.89. The molecular weight excluding hydrogens is 318 g/mol. The van der Waals surface area contributed by atoms with Gasteiger partial charge < -0.3 is 24.5 Å². The van der Waals surface area contributed by atoms with Gasteiger partial charge in [0, 0.05) is 57.9 Å². The van der Waals surface area contributed by atoms with Gasteiger partial charge in [0.25, 0.3) is 0 Å². The van der Waals surface area contributed by atoms with Crippen molar-refractivity contribution in [2.45, 2.75) is 25.4 Å². The Hall–Kier alpha value is -1.79. The van der Waals surface area contributed by atoms with Crippen LogP contribution in [-0.2, 0) is 4.79 Å². The number of piperazine rings is 1. The molecule has 1 amide bonds. The number of likely N-dealkylation sites (tertiary alicyclic amines) is 1. The lowest BCUT2D eigenvalue weighted by molar-refractivity contribution is -0.131. The summed E-state index contributed by atoms with van der Waals surface area (Å²) in [5, 5.41) is 9.54. The number of hydrogen-bond acceptors (Lipinski definition) is 5. The average molecular weight is 347 g/mol. The molecule has 0 bridgehead atoms. The Kier molecular flexibility index (Phi) is 6.15. The number of carbonyl (C=O) groups is 1. The van der Waals surface area contributed by atoms with Crippen molar-refractivity contribution in [3.8, 4) is 5.75 Å². The lowest BCUT2D eigenvalue weighted by atomic mass is 10.1. The summed E-state index contributed by atoms with van der Waals surface area (Å²) in [6.45, 7) is 5.92. The van der Waals surface area contributed by atoms with E-state index in [2.05, 4.69) is 21.9 Å². The Morgan fingerprint density at radius 3 is 2.32 bits per heavy atom. The summed E-state index contributed by atoms with van der Waals surface area (Å²) >= 11 is 0. The third-order valence-electron chi connectivity index (χ3n) is 5.27. The molecule has 0 radical (unpaired) electrons. The zero-order chi connectivity index (χ0) is 17.6. The molecule has 0 spiro atoms. The molecule has 25 heavy (non-hydrogen) atoms. The topological polar surface area (TPSA) is 56.2 Å². The molecular formula is C19H29N3O3. The zero-order valence-corrected chi connectivity index (χ0v) is 15.1. The van der Waals surface area contributed by atoms with E-state index in [1.807, 2.05) is 17.0 Å². The molecule has 1 N–H and O–H groups in total. The molecule has 0 atom stereocenters. The molecule has 0 aliphatic carbocycles. The van der Waals surface area contributed by atoms with Crippen molar-refractivity contribution in [2.24, 2.45) is 0 Å². The molecule has 2 fully saturated rings. The first-order chi connectivity index (χ1) is 12.2. The van der Waals surface area contributed by atoms with E-state index in [0.717, 1.165) is 64.4 Å². The van der Waals surface area contributed by atoms with Gasteiger partial charge in [0.2, 0.25) is 5.91 Å². The minimum Gasteiger partial charge on any atom is -0.497 e. The smallest absolute Gasteiger partial charge is 0.223 e. The van der Waals surface area contributed by atoms with Crippen LogP contribution in [0, 0.1) is 0 Å². The molecule has 6 nitrogen and oxygen atoms in total. The van der Waals surface area contributed by atoms with Gasteiger partial charge in [-0.1, -0.05) is 0 Å². The van der Waals surface area contributed by atoms with E-state index in [-0.39, 0.29) is 12.0 Å². The summed E-state index contributed by atoms with van der Waals surface area (Å²) < 4.78 is 5.20. The van der Waals surface area contributed by atoms with E-state index in [4.69, 9.17) is 4.74 Å². The van der Waals surface area contributed by atoms with Crippen LogP contribution in [0.5, 0.6) is 5.75 Å². The van der Waals surface area contributed by atoms with Crippen molar-refractivity contribution in [3.05, 3.63) is 24.3 Å². The van der Waals surface area contributed by atoms with Gasteiger partial charge in [-0.2, -0.15) is 0 Å². The lowest BCUT2D eigenvalue weighted by Gasteiger charge is -2.36. The van der Waals surface area contributed by atoms with Crippen molar-refractivity contribution in [2.75, 3.05) is 57.8 Å². The summed E-state index contributed by atoms with van der Waals surface area (Å²) in [5.41, 5.74) is 1.18. The highest BCUT2D eigenvalue weighted by Gasteiger charge is 2.23. The number of hydrogen-bond donors (Lipinski definition) is 1. The molecule has 2 heterocycles. The van der Waals surface area contributed by atoms with Crippen LogP contribution >= 0.6 is 0 Å². The summed E-state index contributed by atoms with van der Waals surface area (Å²) in [6, 6.07) is 8.09. The number of benzene rings is 1. The second-order valence-corrected chi connectivity index (χ2v) is 6.89. The van der Waals surface area contributed by atoms with Gasteiger partial charge in [0.05, 0.1) is 13.2 Å². The van der Waals surface area contributed by atoms with E-state index in [1.54, 1.807) is 7.11 Å². The fourth-order valence-electron chi connectivity index (χ4n) is 3.56. The summed E-state index contributed by atoms with van der Waals surface area (Å²) in [4.78, 5) is 19.0. The monoisotopic (exact) mass is 347 g/mol. The number of anilines is 1. The molecule has 2 saturated heterocycles. The Morgan fingerprint density at radius 2 is 1.72 bits per heavy atom. The van der Waals surface area contributed by atoms with Crippen molar-refractivity contribution in [1.82, 2.24) is 9.80 Å². The third kappa shape index (κ3) is 4.86. The van der Waals surface area contributed by atoms with Crippen LogP contribution in [0.3, 0.4) is 0 Å². The number of aliphatic hydroxyl groups is 1. The van der Waals surface area contributed by atoms with Crippen LogP contribution < -0.4 is 9.64 Å². The number of carbonyl (C=O) groups excluding carboxylic acids is 1. The number of rotatable bonds is 5. The molecule has 6 heteroatoms. The van der Waals surface area contributed by atoms with Crippen LogP contribution in [0.25, 0.3) is 0 Å². The molecule has 2 aliphatic heterocycles. The molecule has 1 aromatic rings. The van der Waals surface area contributed by atoms with Gasteiger partial charge >= 0.3 is 0 Å². The van der Waals surface area contributed by atoms with Crippen molar-refractivity contribution in [1.29, 1.82) is 0 Å². The van der Waals surface area contributed by atoms with Gasteiger partial charge in [-0.25, -0.2) is 0 Å². The van der Waals surface area contributed by atoms with E-state index < -0.39 is 0 Å². The van der Waals surface area contributed by atoms with Gasteiger partial charge in [-0.05, 0) is 37.1 Å². The Balaban J connectivity index is 1.41. The van der Waals surface area contributed by atoms with E-state index in [9.17, 15) is 9.90 Å². The Morgan fingerprint density at radius 1 is 1.08 bits per heavy atom. The normalized spacial score (nSPS) is 19.9. The first kappa shape index (κ1) is 18.0. The fourth-order valence-corrected chi connectivity index (χ4v) is 3.56. The SMILES string of the molecule is COc1ccc(N2CCN(C(=O)CCN3CCC(O)CC3)CC2)cc1. The Bertz CT molecular complexity index is 548. The highest BCUT2D eigenvalue weighted by Crippen LogP contribution is 2.20. The van der Waals surface area contributed by atoms with Crippen molar-refractivity contribution >= 4 is 11.6 Å². The minimum absolute atomic E-state index is 0.155. The van der Waals surface area contributed by atoms with Gasteiger partial charge in [0.15, 0.2) is 0 Å². The fraction of sp³-hybridized carbons (Fsp3) is 0.632. The quantitative estimate of drug-likeness (QED) is 0.867. The predicted octanol–water partition coefficient (Wildman–Crippen LogP) is 1.19. The van der Waals surface area contributed by atoms with Gasteiger partial charge in [-0.3, -0.25) is 4.79 Å². The standard InChI is InChI=1S/C19H29N3O3/c1-25-18-4-2-16(3-5-18)21-12-14-22(15-13-21)19(24)8-11-20-9-6-17(23)7-10-20/h2-5,17,23H,6-15H2,1H3. The first-order valence-electron chi connectivity index (χ1n) is 9.23. The highest BCUT2D eigenvalue weighted by molar-refractivity contribution is 5.76. The van der Waals surface area contributed by atoms with Crippen LogP contribution in [-0.4, -0.2) is 79.8 Å². The number of piperidine rings is 1. The number of nitrogens with zero attached hydrogens (tertiary/aromatic N) is 3. The molecule has 0 saturated carbocycles. The number of aliphatic hydroxyl groups excluding tert-OH is 1. The van der Waals surface area contributed by atoms with Gasteiger partial charge in [0.1, 0.15) is 5.75 Å².